The molecule has 0 radical (unpaired) electrons. The van der Waals surface area contributed by atoms with Gasteiger partial charge < -0.3 is 10.1 Å². The molecule has 96 valence electrons. The fourth-order valence-corrected chi connectivity index (χ4v) is 1.80. The standard InChI is InChI=1S/C15H25NO/c1-5-10-17-11-15(16-4)14-8-6-13(7-9-14)12(2)3/h6-9,12,15-16H,5,10-11H2,1-4H3. The molecule has 2 nitrogen and oxygen atoms in total. The molecule has 17 heavy (non-hydrogen) atoms. The van der Waals surface area contributed by atoms with Crippen molar-refractivity contribution in [1.29, 1.82) is 0 Å². The molecule has 0 aliphatic heterocycles. The number of likely N-dealkylation sites (N-methyl/N-ethyl adjacent to an activating group) is 1. The highest BCUT2D eigenvalue weighted by molar-refractivity contribution is 5.26. The van der Waals surface area contributed by atoms with Gasteiger partial charge in [-0.25, -0.2) is 0 Å². The normalized spacial score (nSPS) is 13.0. The van der Waals surface area contributed by atoms with Crippen molar-refractivity contribution in [2.45, 2.75) is 39.2 Å². The van der Waals surface area contributed by atoms with E-state index in [-0.39, 0.29) is 0 Å². The zero-order valence-electron chi connectivity index (χ0n) is 11.5. The minimum Gasteiger partial charge on any atom is -0.379 e. The van der Waals surface area contributed by atoms with E-state index < -0.39 is 0 Å². The van der Waals surface area contributed by atoms with Gasteiger partial charge in [-0.3, -0.25) is 0 Å². The lowest BCUT2D eigenvalue weighted by Crippen LogP contribution is -2.22. The van der Waals surface area contributed by atoms with Crippen molar-refractivity contribution < 1.29 is 4.74 Å². The first-order valence-electron chi connectivity index (χ1n) is 6.53. The second-order valence-electron chi connectivity index (χ2n) is 4.74. The third kappa shape index (κ3) is 4.49. The molecule has 1 rings (SSSR count). The molecular formula is C15H25NO. The molecule has 0 bridgehead atoms. The van der Waals surface area contributed by atoms with E-state index in [0.717, 1.165) is 19.6 Å². The number of nitrogens with one attached hydrogen (secondary N) is 1. The topological polar surface area (TPSA) is 21.3 Å². The largest absolute Gasteiger partial charge is 0.379 e. The molecule has 0 fully saturated rings. The zero-order valence-corrected chi connectivity index (χ0v) is 11.5. The minimum absolute atomic E-state index is 0.294. The van der Waals surface area contributed by atoms with Crippen molar-refractivity contribution in [3.05, 3.63) is 35.4 Å². The zero-order chi connectivity index (χ0) is 12.7. The lowest BCUT2D eigenvalue weighted by atomic mass is 9.99. The van der Waals surface area contributed by atoms with Crippen molar-refractivity contribution in [1.82, 2.24) is 5.32 Å². The van der Waals surface area contributed by atoms with E-state index in [1.165, 1.54) is 11.1 Å². The molecule has 0 aromatic heterocycles. The van der Waals surface area contributed by atoms with E-state index in [4.69, 9.17) is 4.74 Å². The lowest BCUT2D eigenvalue weighted by molar-refractivity contribution is 0.114. The van der Waals surface area contributed by atoms with E-state index in [2.05, 4.69) is 50.4 Å². The van der Waals surface area contributed by atoms with Gasteiger partial charge in [0.05, 0.1) is 12.6 Å². The van der Waals surface area contributed by atoms with Gasteiger partial charge in [0.2, 0.25) is 0 Å². The van der Waals surface area contributed by atoms with Crippen molar-refractivity contribution in [2.75, 3.05) is 20.3 Å². The molecule has 1 aromatic carbocycles. The quantitative estimate of drug-likeness (QED) is 0.730. The number of rotatable bonds is 7. The fourth-order valence-electron chi connectivity index (χ4n) is 1.80. The third-order valence-electron chi connectivity index (χ3n) is 2.99. The van der Waals surface area contributed by atoms with E-state index in [0.29, 0.717) is 12.0 Å². The second-order valence-corrected chi connectivity index (χ2v) is 4.74. The first kappa shape index (κ1) is 14.2. The summed E-state index contributed by atoms with van der Waals surface area (Å²) in [4.78, 5) is 0. The van der Waals surface area contributed by atoms with Gasteiger partial charge in [-0.1, -0.05) is 45.0 Å². The van der Waals surface area contributed by atoms with E-state index in [1.54, 1.807) is 0 Å². The van der Waals surface area contributed by atoms with Gasteiger partial charge in [-0.2, -0.15) is 0 Å². The van der Waals surface area contributed by atoms with Gasteiger partial charge in [0.15, 0.2) is 0 Å². The molecule has 1 aromatic rings. The van der Waals surface area contributed by atoms with E-state index >= 15 is 0 Å². The second kappa shape index (κ2) is 7.46. The van der Waals surface area contributed by atoms with E-state index in [1.807, 2.05) is 7.05 Å². The van der Waals surface area contributed by atoms with Gasteiger partial charge in [0.1, 0.15) is 0 Å². The van der Waals surface area contributed by atoms with Crippen LogP contribution in [-0.4, -0.2) is 20.3 Å². The Balaban J connectivity index is 2.62. The first-order chi connectivity index (χ1) is 8.19. The Bertz CT molecular complexity index is 305. The average Bonchev–Trinajstić information content (AvgIpc) is 2.35. The Hall–Kier alpha value is -0.860. The fraction of sp³-hybridized carbons (Fsp3) is 0.600. The average molecular weight is 235 g/mol. The van der Waals surface area contributed by atoms with Gasteiger partial charge in [0.25, 0.3) is 0 Å². The summed E-state index contributed by atoms with van der Waals surface area (Å²) in [5.41, 5.74) is 2.69. The predicted molar refractivity (Wildman–Crippen MR) is 73.4 cm³/mol. The molecule has 0 amide bonds. The van der Waals surface area contributed by atoms with Crippen molar-refractivity contribution in [3.8, 4) is 0 Å². The van der Waals surface area contributed by atoms with Crippen LogP contribution in [0.5, 0.6) is 0 Å². The number of benzene rings is 1. The van der Waals surface area contributed by atoms with Crippen LogP contribution in [0.25, 0.3) is 0 Å². The Morgan fingerprint density at radius 1 is 1.12 bits per heavy atom. The molecular weight excluding hydrogens is 210 g/mol. The third-order valence-corrected chi connectivity index (χ3v) is 2.99. The number of hydrogen-bond acceptors (Lipinski definition) is 2. The summed E-state index contributed by atoms with van der Waals surface area (Å²) in [6, 6.07) is 9.12. The maximum atomic E-state index is 5.61. The van der Waals surface area contributed by atoms with Crippen LogP contribution in [0.3, 0.4) is 0 Å². The molecule has 1 unspecified atom stereocenters. The molecule has 1 atom stereocenters. The Kier molecular flexibility index (Phi) is 6.23. The Labute approximate surface area is 105 Å². The molecule has 0 aliphatic carbocycles. The summed E-state index contributed by atoms with van der Waals surface area (Å²) in [5.74, 6) is 0.591. The predicted octanol–water partition coefficient (Wildman–Crippen LogP) is 3.50. The summed E-state index contributed by atoms with van der Waals surface area (Å²) in [6.07, 6.45) is 1.07. The van der Waals surface area contributed by atoms with Crippen molar-refractivity contribution >= 4 is 0 Å². The molecule has 0 saturated heterocycles. The summed E-state index contributed by atoms with van der Waals surface area (Å²) in [5, 5.41) is 3.30. The first-order valence-corrected chi connectivity index (χ1v) is 6.53. The highest BCUT2D eigenvalue weighted by atomic mass is 16.5. The SMILES string of the molecule is CCCOCC(NC)c1ccc(C(C)C)cc1. The molecule has 0 spiro atoms. The van der Waals surface area contributed by atoms with Crippen LogP contribution >= 0.6 is 0 Å². The van der Waals surface area contributed by atoms with Crippen LogP contribution in [0.2, 0.25) is 0 Å². The van der Waals surface area contributed by atoms with Gasteiger partial charge >= 0.3 is 0 Å². The smallest absolute Gasteiger partial charge is 0.0661 e. The van der Waals surface area contributed by atoms with Crippen LogP contribution in [0, 0.1) is 0 Å². The summed E-state index contributed by atoms with van der Waals surface area (Å²) in [6.45, 7) is 8.14. The van der Waals surface area contributed by atoms with Gasteiger partial charge in [-0.15, -0.1) is 0 Å². The van der Waals surface area contributed by atoms with Gasteiger partial charge in [-0.05, 0) is 30.5 Å². The van der Waals surface area contributed by atoms with Crippen molar-refractivity contribution in [3.63, 3.8) is 0 Å². The monoisotopic (exact) mass is 235 g/mol. The molecule has 0 heterocycles. The Morgan fingerprint density at radius 3 is 2.18 bits per heavy atom. The Morgan fingerprint density at radius 2 is 1.71 bits per heavy atom. The maximum Gasteiger partial charge on any atom is 0.0661 e. The van der Waals surface area contributed by atoms with Gasteiger partial charge in [0, 0.05) is 6.61 Å². The van der Waals surface area contributed by atoms with Crippen LogP contribution in [0.15, 0.2) is 24.3 Å². The minimum atomic E-state index is 0.294. The number of ether oxygens (including phenoxy) is 1. The molecule has 2 heteroatoms. The molecule has 1 N–H and O–H groups in total. The maximum absolute atomic E-state index is 5.61. The van der Waals surface area contributed by atoms with Crippen LogP contribution in [0.1, 0.15) is 50.3 Å². The van der Waals surface area contributed by atoms with E-state index in [9.17, 15) is 0 Å². The van der Waals surface area contributed by atoms with Crippen LogP contribution < -0.4 is 5.32 Å². The van der Waals surface area contributed by atoms with Crippen LogP contribution in [0.4, 0.5) is 0 Å². The lowest BCUT2D eigenvalue weighted by Gasteiger charge is -2.17. The number of hydrogen-bond donors (Lipinski definition) is 1. The summed E-state index contributed by atoms with van der Waals surface area (Å²) < 4.78 is 5.61. The summed E-state index contributed by atoms with van der Waals surface area (Å²) >= 11 is 0. The molecule has 0 saturated carbocycles. The highest BCUT2D eigenvalue weighted by Gasteiger charge is 2.09. The molecule has 0 aliphatic rings. The van der Waals surface area contributed by atoms with Crippen molar-refractivity contribution in [2.24, 2.45) is 0 Å². The van der Waals surface area contributed by atoms with Crippen LogP contribution in [-0.2, 0) is 4.74 Å². The highest BCUT2D eigenvalue weighted by Crippen LogP contribution is 2.18. The summed E-state index contributed by atoms with van der Waals surface area (Å²) in [7, 11) is 1.98.